The summed E-state index contributed by atoms with van der Waals surface area (Å²) in [7, 11) is 4.53. The molecule has 0 spiro atoms. The van der Waals surface area contributed by atoms with E-state index in [1.165, 1.54) is 12.0 Å². The Hall–Kier alpha value is -3.37. The van der Waals surface area contributed by atoms with Crippen molar-refractivity contribution in [2.45, 2.75) is 186 Å². The Labute approximate surface area is 393 Å². The SMILES string of the molecule is CO[C@H]1C[C@@H]2CC[C@@H](C)[C@@](O)(O2)C(=O)C(=O)N2CCCC[C@@]2(C)C(=O)O[C@H]([C@H](C)C[C@@H]2CC[C@@H](O)[C@H](OC)C2)CC(=O)C(C)=CC(C)[C@@H](O)[C@@H](OC)C(=O)[C@H](C)C[C@H](C)C=CC=CC=C1C. The second-order valence-electron chi connectivity index (χ2n) is 20.2. The van der Waals surface area contributed by atoms with Gasteiger partial charge in [0.05, 0.1) is 30.5 Å². The van der Waals surface area contributed by atoms with Crippen LogP contribution in [0.2, 0.25) is 0 Å². The molecule has 2 bridgehead atoms. The third-order valence-corrected chi connectivity index (χ3v) is 15.0. The van der Waals surface area contributed by atoms with Gasteiger partial charge in [-0.2, -0.15) is 0 Å². The maximum absolute atomic E-state index is 14.7. The van der Waals surface area contributed by atoms with Crippen LogP contribution in [0.25, 0.3) is 0 Å². The number of allylic oxidation sites excluding steroid dienone is 6. The smallest absolute Gasteiger partial charge is 0.332 e. The number of carbonyl (C=O) groups is 5. The Kier molecular flexibility index (Phi) is 20.7. The minimum atomic E-state index is -2.45. The molecule has 1 unspecified atom stereocenters. The van der Waals surface area contributed by atoms with E-state index < -0.39 is 83.4 Å². The quantitative estimate of drug-likeness (QED) is 0.191. The van der Waals surface area contributed by atoms with Crippen molar-refractivity contribution in [3.8, 4) is 0 Å². The van der Waals surface area contributed by atoms with E-state index >= 15 is 0 Å². The van der Waals surface area contributed by atoms with E-state index in [0.29, 0.717) is 69.8 Å². The first kappa shape index (κ1) is 55.2. The van der Waals surface area contributed by atoms with Crippen molar-refractivity contribution in [2.24, 2.45) is 35.5 Å². The average Bonchev–Trinajstić information content (AvgIpc) is 3.28. The third-order valence-electron chi connectivity index (χ3n) is 15.0. The highest BCUT2D eigenvalue weighted by molar-refractivity contribution is 6.39. The average molecular weight is 928 g/mol. The molecule has 14 nitrogen and oxygen atoms in total. The Morgan fingerprint density at radius 3 is 2.26 bits per heavy atom. The fourth-order valence-electron chi connectivity index (χ4n) is 10.4. The first-order valence-electron chi connectivity index (χ1n) is 24.3. The molecule has 3 heterocycles. The number of amides is 1. The van der Waals surface area contributed by atoms with Crippen molar-refractivity contribution in [1.29, 1.82) is 0 Å². The lowest BCUT2D eigenvalue weighted by Gasteiger charge is -2.46. The molecule has 2 saturated heterocycles. The molecule has 66 heavy (non-hydrogen) atoms. The van der Waals surface area contributed by atoms with Gasteiger partial charge in [-0.25, -0.2) is 4.79 Å². The van der Waals surface area contributed by atoms with Crippen LogP contribution < -0.4 is 0 Å². The van der Waals surface area contributed by atoms with Crippen molar-refractivity contribution in [3.63, 3.8) is 0 Å². The minimum absolute atomic E-state index is 0.0198. The zero-order valence-corrected chi connectivity index (χ0v) is 41.5. The molecule has 4 rings (SSSR count). The molecule has 3 N–H and O–H groups in total. The minimum Gasteiger partial charge on any atom is -0.460 e. The summed E-state index contributed by atoms with van der Waals surface area (Å²) in [5.74, 6) is -8.04. The fraction of sp³-hybridized carbons (Fsp3) is 0.750. The number of rotatable bonds is 6. The van der Waals surface area contributed by atoms with Crippen LogP contribution in [0.15, 0.2) is 47.6 Å². The number of nitrogens with zero attached hydrogens (tertiary/aromatic N) is 1. The number of methoxy groups -OCH3 is 3. The molecule has 0 aromatic carbocycles. The number of aliphatic hydroxyl groups is 3. The summed E-state index contributed by atoms with van der Waals surface area (Å²) >= 11 is 0. The molecule has 1 amide bonds. The maximum Gasteiger partial charge on any atom is 0.332 e. The predicted molar refractivity (Wildman–Crippen MR) is 250 cm³/mol. The van der Waals surface area contributed by atoms with E-state index in [-0.39, 0.29) is 54.8 Å². The van der Waals surface area contributed by atoms with Crippen molar-refractivity contribution in [1.82, 2.24) is 4.90 Å². The summed E-state index contributed by atoms with van der Waals surface area (Å²) < 4.78 is 29.5. The topological polar surface area (TPSA) is 195 Å². The summed E-state index contributed by atoms with van der Waals surface area (Å²) in [6, 6.07) is 0. The van der Waals surface area contributed by atoms with Gasteiger partial charge in [-0.3, -0.25) is 19.2 Å². The van der Waals surface area contributed by atoms with Crippen LogP contribution in [0, 0.1) is 35.5 Å². The van der Waals surface area contributed by atoms with E-state index in [4.69, 9.17) is 23.7 Å². The molecule has 3 fully saturated rings. The molecular formula is C52H81NO13. The van der Waals surface area contributed by atoms with Crippen LogP contribution in [-0.4, -0.2) is 131 Å². The lowest BCUT2D eigenvalue weighted by Crippen LogP contribution is -2.64. The van der Waals surface area contributed by atoms with Gasteiger partial charge in [0.2, 0.25) is 5.79 Å². The maximum atomic E-state index is 14.7. The molecule has 15 atom stereocenters. The number of hydrogen-bond donors (Lipinski definition) is 3. The molecule has 0 aromatic heterocycles. The van der Waals surface area contributed by atoms with Crippen LogP contribution >= 0.6 is 0 Å². The van der Waals surface area contributed by atoms with Gasteiger partial charge >= 0.3 is 5.97 Å². The van der Waals surface area contributed by atoms with Crippen molar-refractivity contribution in [2.75, 3.05) is 27.9 Å². The number of ketones is 3. The van der Waals surface area contributed by atoms with Crippen LogP contribution in [-0.2, 0) is 47.7 Å². The Morgan fingerprint density at radius 1 is 0.879 bits per heavy atom. The van der Waals surface area contributed by atoms with Gasteiger partial charge in [0.15, 0.2) is 11.6 Å². The van der Waals surface area contributed by atoms with Gasteiger partial charge in [0.25, 0.3) is 11.7 Å². The standard InChI is InChI=1S/C52H81NO13/c1-31-17-13-12-14-18-32(2)42(62-9)29-39-21-19-37(7)52(61,66-39)48(58)49(59)53-24-16-15-23-51(53,8)50(60)65-43(34(4)27-38-20-22-40(54)44(28-38)63-10)30-41(55)33(3)26-36(6)46(57)47(64-11)45(56)35(5)25-31/h12-14,17-18,26,31,34-40,42-44,46-47,54,57,61H,15-16,19-25,27-30H2,1-11H3/t31-,34-,35-,36?,37-,38+,39+,40-,42+,43+,44-,46-,47+,51+,52-/m1/s1. The van der Waals surface area contributed by atoms with E-state index in [9.17, 15) is 39.3 Å². The zero-order chi connectivity index (χ0) is 49.1. The summed E-state index contributed by atoms with van der Waals surface area (Å²) in [6.07, 6.45) is 11.1. The second kappa shape index (κ2) is 24.8. The van der Waals surface area contributed by atoms with Crippen LogP contribution in [0.4, 0.5) is 0 Å². The van der Waals surface area contributed by atoms with E-state index in [2.05, 4.69) is 0 Å². The summed E-state index contributed by atoms with van der Waals surface area (Å²) in [5, 5.41) is 34.0. The monoisotopic (exact) mass is 928 g/mol. The molecule has 0 radical (unpaired) electrons. The number of piperidine rings is 1. The molecular weight excluding hydrogens is 847 g/mol. The number of hydrogen-bond acceptors (Lipinski definition) is 13. The van der Waals surface area contributed by atoms with Gasteiger partial charge in [-0.05, 0) is 114 Å². The Morgan fingerprint density at radius 2 is 1.59 bits per heavy atom. The third kappa shape index (κ3) is 13.7. The molecule has 4 aliphatic rings. The fourth-order valence-corrected chi connectivity index (χ4v) is 10.4. The van der Waals surface area contributed by atoms with Crippen molar-refractivity contribution >= 4 is 29.2 Å². The van der Waals surface area contributed by atoms with Crippen molar-refractivity contribution < 1.29 is 63.0 Å². The number of carbonyl (C=O) groups excluding carboxylic acids is 5. The van der Waals surface area contributed by atoms with Gasteiger partial charge in [0.1, 0.15) is 17.7 Å². The lowest BCUT2D eigenvalue weighted by atomic mass is 9.78. The highest BCUT2D eigenvalue weighted by atomic mass is 16.6. The van der Waals surface area contributed by atoms with Crippen LogP contribution in [0.1, 0.15) is 132 Å². The van der Waals surface area contributed by atoms with Gasteiger partial charge in [-0.1, -0.05) is 71.1 Å². The Bertz CT molecular complexity index is 1810. The van der Waals surface area contributed by atoms with Gasteiger partial charge in [0, 0.05) is 58.5 Å². The summed E-state index contributed by atoms with van der Waals surface area (Å²) in [6.45, 7) is 14.3. The first-order valence-corrected chi connectivity index (χ1v) is 24.3. The number of esters is 1. The zero-order valence-electron chi connectivity index (χ0n) is 41.5. The normalized spacial score (nSPS) is 38.6. The molecule has 1 aliphatic carbocycles. The number of fused-ring (bicyclic) bond motifs is 3. The molecule has 372 valence electrons. The van der Waals surface area contributed by atoms with Crippen LogP contribution in [0.5, 0.6) is 0 Å². The van der Waals surface area contributed by atoms with E-state index in [0.717, 1.165) is 5.57 Å². The summed E-state index contributed by atoms with van der Waals surface area (Å²) in [4.78, 5) is 72.5. The number of cyclic esters (lactones) is 1. The Balaban J connectivity index is 1.73. The number of Topliss-reactive ketones (excluding diaryl/α,β-unsaturated/α-hetero) is 3. The van der Waals surface area contributed by atoms with Crippen LogP contribution in [0.3, 0.4) is 0 Å². The number of ether oxygens (including phenoxy) is 5. The first-order chi connectivity index (χ1) is 31.1. The second-order valence-corrected chi connectivity index (χ2v) is 20.2. The predicted octanol–water partition coefficient (Wildman–Crippen LogP) is 6.57. The largest absolute Gasteiger partial charge is 0.460 e. The lowest BCUT2D eigenvalue weighted by molar-refractivity contribution is -0.266. The molecule has 3 aliphatic heterocycles. The highest BCUT2D eigenvalue weighted by Crippen LogP contribution is 2.39. The van der Waals surface area contributed by atoms with Gasteiger partial charge in [-0.15, -0.1) is 0 Å². The summed E-state index contributed by atoms with van der Waals surface area (Å²) in [5.41, 5.74) is -0.422. The number of aliphatic hydroxyl groups excluding tert-OH is 2. The van der Waals surface area contributed by atoms with Crippen molar-refractivity contribution in [3.05, 3.63) is 47.6 Å². The van der Waals surface area contributed by atoms with E-state index in [1.54, 1.807) is 48.0 Å². The van der Waals surface area contributed by atoms with Gasteiger partial charge < -0.3 is 43.9 Å². The van der Waals surface area contributed by atoms with E-state index in [1.807, 2.05) is 58.1 Å². The highest BCUT2D eigenvalue weighted by Gasteiger charge is 2.55. The molecule has 0 aromatic rings. The molecule has 14 heteroatoms. The molecule has 1 saturated carbocycles.